The van der Waals surface area contributed by atoms with Crippen LogP contribution in [-0.4, -0.2) is 23.1 Å². The van der Waals surface area contributed by atoms with Crippen molar-refractivity contribution >= 4 is 17.1 Å². The van der Waals surface area contributed by atoms with Crippen LogP contribution < -0.4 is 15.4 Å². The molecule has 0 aliphatic heterocycles. The number of hydrogen-bond donors (Lipinski definition) is 3. The van der Waals surface area contributed by atoms with Crippen molar-refractivity contribution < 1.29 is 9.53 Å². The Morgan fingerprint density at radius 2 is 1.77 bits per heavy atom. The van der Waals surface area contributed by atoms with Crippen LogP contribution in [-0.2, 0) is 13.0 Å². The van der Waals surface area contributed by atoms with Gasteiger partial charge in [-0.15, -0.1) is 0 Å². The minimum atomic E-state index is -0.308. The molecule has 6 heteroatoms. The maximum absolute atomic E-state index is 12.7. The summed E-state index contributed by atoms with van der Waals surface area (Å²) in [4.78, 5) is 20.8. The highest BCUT2D eigenvalue weighted by Crippen LogP contribution is 2.21. The van der Waals surface area contributed by atoms with Crippen molar-refractivity contribution in [1.29, 1.82) is 0 Å². The molecule has 0 radical (unpaired) electrons. The van der Waals surface area contributed by atoms with Crippen molar-refractivity contribution in [3.63, 3.8) is 0 Å². The van der Waals surface area contributed by atoms with Gasteiger partial charge in [0.15, 0.2) is 0 Å². The van der Waals surface area contributed by atoms with Crippen molar-refractivity contribution in [3.8, 4) is 5.75 Å². The van der Waals surface area contributed by atoms with Gasteiger partial charge < -0.3 is 20.4 Å². The average molecular weight is 415 g/mol. The molecule has 0 aliphatic carbocycles. The maximum atomic E-state index is 12.7. The Labute approximate surface area is 181 Å². The molecule has 0 bridgehead atoms. The number of rotatable bonds is 7. The first-order chi connectivity index (χ1) is 15.1. The Morgan fingerprint density at radius 3 is 2.52 bits per heavy atom. The van der Waals surface area contributed by atoms with Gasteiger partial charge in [0.2, 0.25) is 0 Å². The molecular formula is C25H26N4O2. The minimum Gasteiger partial charge on any atom is -0.497 e. The molecule has 0 spiro atoms. The topological polar surface area (TPSA) is 79.0 Å². The number of benzene rings is 3. The van der Waals surface area contributed by atoms with Crippen LogP contribution in [0.1, 0.15) is 28.6 Å². The van der Waals surface area contributed by atoms with E-state index in [1.54, 1.807) is 7.11 Å². The van der Waals surface area contributed by atoms with Gasteiger partial charge in [0.25, 0.3) is 0 Å². The standard InChI is InChI=1S/C25H26N4O2/c1-17-7-3-4-8-19(17)16-26-25(30)29-23(15-18-11-13-20(31-2)14-12-18)24-27-21-9-5-6-10-22(21)28-24/h3-14,23H,15-16H2,1-2H3,(H,27,28)(H2,26,29,30)/t23-/m1/s1. The number of imidazole rings is 1. The highest BCUT2D eigenvalue weighted by atomic mass is 16.5. The summed E-state index contributed by atoms with van der Waals surface area (Å²) in [5.41, 5.74) is 5.13. The molecule has 0 fully saturated rings. The Balaban J connectivity index is 1.52. The van der Waals surface area contributed by atoms with Crippen LogP contribution in [0.2, 0.25) is 0 Å². The minimum absolute atomic E-state index is 0.234. The van der Waals surface area contributed by atoms with Crippen molar-refractivity contribution in [2.24, 2.45) is 0 Å². The SMILES string of the molecule is COc1ccc(C[C@@H](NC(=O)NCc2ccccc2C)c2nc3ccccc3[nH]2)cc1. The Hall–Kier alpha value is -3.80. The van der Waals surface area contributed by atoms with Crippen molar-refractivity contribution in [1.82, 2.24) is 20.6 Å². The van der Waals surface area contributed by atoms with Crippen LogP contribution in [0.25, 0.3) is 11.0 Å². The van der Waals surface area contributed by atoms with Gasteiger partial charge in [-0.25, -0.2) is 9.78 Å². The summed E-state index contributed by atoms with van der Waals surface area (Å²) in [6.45, 7) is 2.50. The van der Waals surface area contributed by atoms with Crippen LogP contribution in [0.3, 0.4) is 0 Å². The van der Waals surface area contributed by atoms with E-state index in [-0.39, 0.29) is 12.1 Å². The van der Waals surface area contributed by atoms with Crippen molar-refractivity contribution in [2.75, 3.05) is 7.11 Å². The molecule has 0 saturated carbocycles. The lowest BCUT2D eigenvalue weighted by Crippen LogP contribution is -2.38. The number of hydrogen-bond acceptors (Lipinski definition) is 3. The average Bonchev–Trinajstić information content (AvgIpc) is 3.23. The Morgan fingerprint density at radius 1 is 1.03 bits per heavy atom. The third-order valence-corrected chi connectivity index (χ3v) is 5.34. The molecule has 31 heavy (non-hydrogen) atoms. The molecule has 158 valence electrons. The smallest absolute Gasteiger partial charge is 0.315 e. The monoisotopic (exact) mass is 414 g/mol. The van der Waals surface area contributed by atoms with Crippen LogP contribution in [0.15, 0.2) is 72.8 Å². The van der Waals surface area contributed by atoms with Gasteiger partial charge in [-0.2, -0.15) is 0 Å². The number of carbonyl (C=O) groups excluding carboxylic acids is 1. The van der Waals surface area contributed by atoms with Crippen molar-refractivity contribution in [3.05, 3.63) is 95.3 Å². The van der Waals surface area contributed by atoms with Gasteiger partial charge in [0.05, 0.1) is 24.2 Å². The fourth-order valence-electron chi connectivity index (χ4n) is 3.54. The number of carbonyl (C=O) groups is 1. The molecule has 0 unspecified atom stereocenters. The molecule has 1 aromatic heterocycles. The van der Waals surface area contributed by atoms with E-state index >= 15 is 0 Å². The molecule has 3 aromatic carbocycles. The zero-order valence-electron chi connectivity index (χ0n) is 17.7. The number of ether oxygens (including phenoxy) is 1. The van der Waals surface area contributed by atoms with E-state index in [0.29, 0.717) is 13.0 Å². The predicted octanol–water partition coefficient (Wildman–Crippen LogP) is 4.66. The van der Waals surface area contributed by atoms with E-state index < -0.39 is 0 Å². The number of urea groups is 1. The van der Waals surface area contributed by atoms with Crippen molar-refractivity contribution in [2.45, 2.75) is 25.9 Å². The first-order valence-electron chi connectivity index (χ1n) is 10.3. The molecule has 2 amide bonds. The summed E-state index contributed by atoms with van der Waals surface area (Å²) < 4.78 is 5.25. The lowest BCUT2D eigenvalue weighted by Gasteiger charge is -2.18. The molecule has 0 saturated heterocycles. The van der Waals surface area contributed by atoms with Crippen LogP contribution in [0.5, 0.6) is 5.75 Å². The number of methoxy groups -OCH3 is 1. The number of fused-ring (bicyclic) bond motifs is 1. The van der Waals surface area contributed by atoms with E-state index in [0.717, 1.165) is 39.3 Å². The number of aromatic nitrogens is 2. The van der Waals surface area contributed by atoms with Gasteiger partial charge in [-0.1, -0.05) is 48.5 Å². The van der Waals surface area contributed by atoms with E-state index in [9.17, 15) is 4.79 Å². The fraction of sp³-hybridized carbons (Fsp3) is 0.200. The summed E-state index contributed by atoms with van der Waals surface area (Å²) >= 11 is 0. The molecule has 6 nitrogen and oxygen atoms in total. The van der Waals surface area contributed by atoms with Crippen LogP contribution >= 0.6 is 0 Å². The highest BCUT2D eigenvalue weighted by Gasteiger charge is 2.19. The van der Waals surface area contributed by atoms with Gasteiger partial charge in [-0.05, 0) is 54.3 Å². The van der Waals surface area contributed by atoms with Crippen LogP contribution in [0, 0.1) is 6.92 Å². The number of nitrogens with zero attached hydrogens (tertiary/aromatic N) is 1. The second-order valence-corrected chi connectivity index (χ2v) is 7.50. The summed E-state index contributed by atoms with van der Waals surface area (Å²) in [5, 5.41) is 6.05. The number of nitrogens with one attached hydrogen (secondary N) is 3. The summed E-state index contributed by atoms with van der Waals surface area (Å²) in [5.74, 6) is 1.52. The summed E-state index contributed by atoms with van der Waals surface area (Å²) in [6, 6.07) is 23.2. The normalized spacial score (nSPS) is 11.8. The Bertz CT molecular complexity index is 1130. The summed E-state index contributed by atoms with van der Waals surface area (Å²) in [7, 11) is 1.65. The number of amides is 2. The quantitative estimate of drug-likeness (QED) is 0.411. The number of aromatic amines is 1. The lowest BCUT2D eigenvalue weighted by molar-refractivity contribution is 0.236. The van der Waals surface area contributed by atoms with E-state index in [1.165, 1.54) is 0 Å². The number of para-hydroxylation sites is 2. The third kappa shape index (κ3) is 5.04. The molecule has 4 rings (SSSR count). The molecular weight excluding hydrogens is 388 g/mol. The van der Waals surface area contributed by atoms with Gasteiger partial charge in [0.1, 0.15) is 11.6 Å². The molecule has 1 heterocycles. The lowest BCUT2D eigenvalue weighted by atomic mass is 10.1. The van der Waals surface area contributed by atoms with Crippen LogP contribution in [0.4, 0.5) is 4.79 Å². The third-order valence-electron chi connectivity index (χ3n) is 5.34. The summed E-state index contributed by atoms with van der Waals surface area (Å²) in [6.07, 6.45) is 0.599. The van der Waals surface area contributed by atoms with E-state index in [2.05, 4.69) is 15.6 Å². The molecule has 3 N–H and O–H groups in total. The van der Waals surface area contributed by atoms with Gasteiger partial charge in [0, 0.05) is 6.54 Å². The van der Waals surface area contributed by atoms with Gasteiger partial charge >= 0.3 is 6.03 Å². The predicted molar refractivity (Wildman–Crippen MR) is 122 cm³/mol. The highest BCUT2D eigenvalue weighted by molar-refractivity contribution is 5.76. The number of aryl methyl sites for hydroxylation is 1. The van der Waals surface area contributed by atoms with E-state index in [4.69, 9.17) is 9.72 Å². The van der Waals surface area contributed by atoms with E-state index in [1.807, 2.05) is 79.7 Å². The molecule has 1 atom stereocenters. The molecule has 0 aliphatic rings. The largest absolute Gasteiger partial charge is 0.497 e. The molecule has 4 aromatic rings. The maximum Gasteiger partial charge on any atom is 0.315 e. The zero-order chi connectivity index (χ0) is 21.6. The second-order valence-electron chi connectivity index (χ2n) is 7.50. The Kier molecular flexibility index (Phi) is 6.17. The second kappa shape index (κ2) is 9.34. The number of H-pyrrole nitrogens is 1. The first-order valence-corrected chi connectivity index (χ1v) is 10.3. The zero-order valence-corrected chi connectivity index (χ0v) is 17.7. The van der Waals surface area contributed by atoms with Gasteiger partial charge in [-0.3, -0.25) is 0 Å². The fourth-order valence-corrected chi connectivity index (χ4v) is 3.54. The first kappa shape index (κ1) is 20.5.